The van der Waals surface area contributed by atoms with Crippen LogP contribution in [-0.2, 0) is 0 Å². The van der Waals surface area contributed by atoms with E-state index < -0.39 is 0 Å². The number of halogens is 1. The van der Waals surface area contributed by atoms with E-state index in [-0.39, 0.29) is 0 Å². The first kappa shape index (κ1) is 13.6. The van der Waals surface area contributed by atoms with Crippen LogP contribution in [-0.4, -0.2) is 9.38 Å². The second-order valence-corrected chi connectivity index (χ2v) is 6.32. The molecule has 0 aliphatic heterocycles. The van der Waals surface area contributed by atoms with Gasteiger partial charge in [0.05, 0.1) is 16.7 Å². The lowest BCUT2D eigenvalue weighted by molar-refractivity contribution is 1.24. The third-order valence-electron chi connectivity index (χ3n) is 4.45. The summed E-state index contributed by atoms with van der Waals surface area (Å²) in [6.07, 6.45) is 2.09. The molecule has 3 aromatic heterocycles. The van der Waals surface area contributed by atoms with Gasteiger partial charge in [-0.2, -0.15) is 0 Å². The molecule has 0 bridgehead atoms. The fraction of sp³-hybridized carbons (Fsp3) is 0. The standard InChI is InChI=1S/C21H13ClN2/c22-15-10-8-14(9-11-15)20-21-18(13-16-5-3-4-12-24(16)21)17-6-1-2-7-19(17)23-20/h1-13H. The average Bonchev–Trinajstić information content (AvgIpc) is 3.02. The zero-order valence-corrected chi connectivity index (χ0v) is 13.5. The molecule has 0 unspecified atom stereocenters. The van der Waals surface area contributed by atoms with Crippen LogP contribution in [0.4, 0.5) is 0 Å². The van der Waals surface area contributed by atoms with Gasteiger partial charge in [-0.3, -0.25) is 0 Å². The number of fused-ring (bicyclic) bond motifs is 5. The normalized spacial score (nSPS) is 11.5. The van der Waals surface area contributed by atoms with Crippen LogP contribution in [0.1, 0.15) is 0 Å². The van der Waals surface area contributed by atoms with Crippen molar-refractivity contribution in [3.05, 3.63) is 84.0 Å². The zero-order chi connectivity index (χ0) is 16.1. The smallest absolute Gasteiger partial charge is 0.0956 e. The molecule has 0 atom stereocenters. The molecule has 0 aliphatic rings. The Kier molecular flexibility index (Phi) is 2.88. The highest BCUT2D eigenvalue weighted by atomic mass is 35.5. The maximum absolute atomic E-state index is 6.06. The minimum Gasteiger partial charge on any atom is -0.315 e. The van der Waals surface area contributed by atoms with Crippen molar-refractivity contribution < 1.29 is 0 Å². The minimum absolute atomic E-state index is 0.732. The monoisotopic (exact) mass is 328 g/mol. The van der Waals surface area contributed by atoms with Crippen molar-refractivity contribution in [2.24, 2.45) is 0 Å². The summed E-state index contributed by atoms with van der Waals surface area (Å²) in [5.74, 6) is 0. The lowest BCUT2D eigenvalue weighted by Crippen LogP contribution is -1.91. The van der Waals surface area contributed by atoms with Gasteiger partial charge in [-0.1, -0.05) is 48.0 Å². The summed E-state index contributed by atoms with van der Waals surface area (Å²) in [6, 6.07) is 24.6. The Bertz CT molecular complexity index is 1200. The molecule has 0 N–H and O–H groups in total. The van der Waals surface area contributed by atoms with Crippen molar-refractivity contribution in [3.63, 3.8) is 0 Å². The predicted octanol–water partition coefficient (Wildman–Crippen LogP) is 5.96. The van der Waals surface area contributed by atoms with Crippen LogP contribution in [0.3, 0.4) is 0 Å². The van der Waals surface area contributed by atoms with Gasteiger partial charge in [0.2, 0.25) is 0 Å². The van der Waals surface area contributed by atoms with Crippen molar-refractivity contribution in [1.29, 1.82) is 0 Å². The Hall–Kier alpha value is -2.84. The number of pyridine rings is 2. The van der Waals surface area contributed by atoms with E-state index in [9.17, 15) is 0 Å². The Morgan fingerprint density at radius 2 is 1.58 bits per heavy atom. The number of hydrogen-bond donors (Lipinski definition) is 0. The fourth-order valence-corrected chi connectivity index (χ4v) is 3.48. The number of aromatic nitrogens is 2. The summed E-state index contributed by atoms with van der Waals surface area (Å²) in [5, 5.41) is 3.13. The number of nitrogens with zero attached hydrogens (tertiary/aromatic N) is 2. The van der Waals surface area contributed by atoms with E-state index in [1.54, 1.807) is 0 Å². The fourth-order valence-electron chi connectivity index (χ4n) is 3.35. The largest absolute Gasteiger partial charge is 0.315 e. The molecule has 2 aromatic carbocycles. The van der Waals surface area contributed by atoms with Crippen LogP contribution in [0, 0.1) is 0 Å². The Morgan fingerprint density at radius 3 is 2.46 bits per heavy atom. The lowest BCUT2D eigenvalue weighted by atomic mass is 10.1. The van der Waals surface area contributed by atoms with E-state index in [0.29, 0.717) is 0 Å². The maximum atomic E-state index is 6.06. The molecule has 5 rings (SSSR count). The molecule has 2 nitrogen and oxygen atoms in total. The highest BCUT2D eigenvalue weighted by molar-refractivity contribution is 6.30. The van der Waals surface area contributed by atoms with Gasteiger partial charge < -0.3 is 4.40 Å². The third kappa shape index (κ3) is 1.93. The van der Waals surface area contributed by atoms with E-state index in [2.05, 4.69) is 47.0 Å². The Labute approximate surface area is 143 Å². The van der Waals surface area contributed by atoms with Crippen LogP contribution in [0.25, 0.3) is 38.6 Å². The molecule has 5 aromatic rings. The van der Waals surface area contributed by atoms with Gasteiger partial charge in [0.15, 0.2) is 0 Å². The number of para-hydroxylation sites is 1. The molecule has 0 saturated heterocycles. The second-order valence-electron chi connectivity index (χ2n) is 5.89. The maximum Gasteiger partial charge on any atom is 0.0956 e. The molecule has 0 fully saturated rings. The number of hydrogen-bond acceptors (Lipinski definition) is 1. The topological polar surface area (TPSA) is 17.3 Å². The quantitative estimate of drug-likeness (QED) is 0.371. The molecule has 24 heavy (non-hydrogen) atoms. The predicted molar refractivity (Wildman–Crippen MR) is 101 cm³/mol. The van der Waals surface area contributed by atoms with Gasteiger partial charge in [-0.15, -0.1) is 0 Å². The third-order valence-corrected chi connectivity index (χ3v) is 4.70. The lowest BCUT2D eigenvalue weighted by Gasteiger charge is -2.08. The van der Waals surface area contributed by atoms with Crippen molar-refractivity contribution in [1.82, 2.24) is 9.38 Å². The first-order valence-electron chi connectivity index (χ1n) is 7.86. The molecule has 0 spiro atoms. The summed E-state index contributed by atoms with van der Waals surface area (Å²) in [7, 11) is 0. The van der Waals surface area contributed by atoms with Crippen LogP contribution in [0.15, 0.2) is 79.0 Å². The first-order valence-corrected chi connectivity index (χ1v) is 8.23. The van der Waals surface area contributed by atoms with Gasteiger partial charge in [-0.05, 0) is 36.4 Å². The molecule has 0 radical (unpaired) electrons. The molecular weight excluding hydrogens is 316 g/mol. The Morgan fingerprint density at radius 1 is 0.792 bits per heavy atom. The zero-order valence-electron chi connectivity index (χ0n) is 12.8. The Balaban J connectivity index is 2.01. The summed E-state index contributed by atoms with van der Waals surface area (Å²) in [4.78, 5) is 4.96. The van der Waals surface area contributed by atoms with Gasteiger partial charge in [0, 0.05) is 33.1 Å². The van der Waals surface area contributed by atoms with Crippen molar-refractivity contribution >= 4 is 38.9 Å². The van der Waals surface area contributed by atoms with Gasteiger partial charge >= 0.3 is 0 Å². The van der Waals surface area contributed by atoms with E-state index >= 15 is 0 Å². The molecular formula is C21H13ClN2. The summed E-state index contributed by atoms with van der Waals surface area (Å²) >= 11 is 6.06. The molecule has 0 aliphatic carbocycles. The van der Waals surface area contributed by atoms with E-state index in [4.69, 9.17) is 16.6 Å². The van der Waals surface area contributed by atoms with E-state index in [0.717, 1.165) is 27.3 Å². The van der Waals surface area contributed by atoms with Crippen LogP contribution in [0.2, 0.25) is 5.02 Å². The number of benzene rings is 2. The molecule has 0 amide bonds. The van der Waals surface area contributed by atoms with Crippen molar-refractivity contribution in [3.8, 4) is 11.3 Å². The first-order chi connectivity index (χ1) is 11.8. The summed E-state index contributed by atoms with van der Waals surface area (Å²) < 4.78 is 2.21. The number of rotatable bonds is 1. The van der Waals surface area contributed by atoms with Gasteiger partial charge in [0.1, 0.15) is 0 Å². The van der Waals surface area contributed by atoms with E-state index in [1.165, 1.54) is 16.3 Å². The minimum atomic E-state index is 0.732. The van der Waals surface area contributed by atoms with Crippen LogP contribution >= 0.6 is 11.6 Å². The van der Waals surface area contributed by atoms with Gasteiger partial charge in [-0.25, -0.2) is 4.98 Å². The highest BCUT2D eigenvalue weighted by Crippen LogP contribution is 2.34. The average molecular weight is 329 g/mol. The summed E-state index contributed by atoms with van der Waals surface area (Å²) in [5.41, 5.74) is 5.35. The van der Waals surface area contributed by atoms with Crippen LogP contribution in [0.5, 0.6) is 0 Å². The molecule has 0 saturated carbocycles. The van der Waals surface area contributed by atoms with Crippen molar-refractivity contribution in [2.75, 3.05) is 0 Å². The van der Waals surface area contributed by atoms with E-state index in [1.807, 2.05) is 36.4 Å². The van der Waals surface area contributed by atoms with Gasteiger partial charge in [0.25, 0.3) is 0 Å². The second kappa shape index (κ2) is 5.08. The summed E-state index contributed by atoms with van der Waals surface area (Å²) in [6.45, 7) is 0. The van der Waals surface area contributed by atoms with Crippen LogP contribution < -0.4 is 0 Å². The van der Waals surface area contributed by atoms with Crippen molar-refractivity contribution in [2.45, 2.75) is 0 Å². The molecule has 3 heterocycles. The highest BCUT2D eigenvalue weighted by Gasteiger charge is 2.14. The molecule has 3 heteroatoms. The SMILES string of the molecule is Clc1ccc(-c2nc3ccccc3c3cc4ccccn4c23)cc1. The molecule has 114 valence electrons.